The second-order valence-electron chi connectivity index (χ2n) is 7.84. The fourth-order valence-corrected chi connectivity index (χ4v) is 4.33. The summed E-state index contributed by atoms with van der Waals surface area (Å²) in [6.07, 6.45) is 3.65. The highest BCUT2D eigenvalue weighted by molar-refractivity contribution is 5.98. The summed E-state index contributed by atoms with van der Waals surface area (Å²) in [5.41, 5.74) is 1.65. The zero-order chi connectivity index (χ0) is 19.1. The summed E-state index contributed by atoms with van der Waals surface area (Å²) in [6, 6.07) is 9.66. The molecule has 0 aliphatic carbocycles. The molecule has 2 aromatic heterocycles. The summed E-state index contributed by atoms with van der Waals surface area (Å²) in [5, 5.41) is 9.89. The predicted octanol–water partition coefficient (Wildman–Crippen LogP) is 2.29. The highest BCUT2D eigenvalue weighted by atomic mass is 16.2. The quantitative estimate of drug-likeness (QED) is 0.687. The number of hydrogen-bond donors (Lipinski definition) is 0. The van der Waals surface area contributed by atoms with Gasteiger partial charge < -0.3 is 9.47 Å². The minimum Gasteiger partial charge on any atom is -0.339 e. The molecule has 3 aromatic rings. The number of amides is 1. The molecule has 0 spiro atoms. The first kappa shape index (κ1) is 17.3. The first-order valence-corrected chi connectivity index (χ1v) is 9.93. The number of rotatable bonds is 2. The third kappa shape index (κ3) is 3.05. The molecular weight excluding hydrogens is 352 g/mol. The molecule has 2 aliphatic rings. The van der Waals surface area contributed by atoms with E-state index in [0.717, 1.165) is 73.7 Å². The van der Waals surface area contributed by atoms with E-state index in [4.69, 9.17) is 0 Å². The summed E-state index contributed by atoms with van der Waals surface area (Å²) in [7, 11) is 2.12. The Labute approximate surface area is 164 Å². The number of nitrogens with zero attached hydrogens (tertiary/aromatic N) is 6. The van der Waals surface area contributed by atoms with Gasteiger partial charge in [-0.2, -0.15) is 0 Å². The van der Waals surface area contributed by atoms with Crippen molar-refractivity contribution in [2.75, 3.05) is 26.7 Å². The molecule has 1 amide bonds. The lowest BCUT2D eigenvalue weighted by molar-refractivity contribution is 0.0710. The molecule has 0 unspecified atom stereocenters. The molecule has 0 N–H and O–H groups in total. The molecule has 7 heteroatoms. The van der Waals surface area contributed by atoms with Crippen molar-refractivity contribution in [2.45, 2.75) is 31.8 Å². The lowest BCUT2D eigenvalue weighted by Gasteiger charge is -2.32. The van der Waals surface area contributed by atoms with Gasteiger partial charge in [-0.05, 0) is 44.2 Å². The average Bonchev–Trinajstić information content (AvgIpc) is 3.16. The number of carbonyl (C=O) groups is 1. The maximum absolute atomic E-state index is 13.0. The number of likely N-dealkylation sites (tertiary alicyclic amines) is 1. The first-order valence-electron chi connectivity index (χ1n) is 9.93. The Morgan fingerprint density at radius 3 is 2.79 bits per heavy atom. The Morgan fingerprint density at radius 1 is 1.07 bits per heavy atom. The Kier molecular flexibility index (Phi) is 4.31. The molecule has 28 heavy (non-hydrogen) atoms. The molecule has 144 valence electrons. The predicted molar refractivity (Wildman–Crippen MR) is 106 cm³/mol. The molecule has 7 nitrogen and oxygen atoms in total. The minimum absolute atomic E-state index is 0.106. The van der Waals surface area contributed by atoms with E-state index in [1.54, 1.807) is 6.20 Å². The minimum atomic E-state index is 0.106. The topological polar surface area (TPSA) is 67.2 Å². The Balaban J connectivity index is 1.28. The van der Waals surface area contributed by atoms with Crippen LogP contribution < -0.4 is 0 Å². The normalized spacial score (nSPS) is 18.4. The number of benzene rings is 1. The standard InChI is InChI=1S/C21H24N6O/c1-25-11-12-27-19(14-25)23-24-20(27)15-6-9-26(10-7-15)21(28)17-4-5-18-16(13-17)3-2-8-22-18/h2-5,8,13,15H,6-7,9-12,14H2,1H3. The van der Waals surface area contributed by atoms with Gasteiger partial charge in [0.05, 0.1) is 12.1 Å². The van der Waals surface area contributed by atoms with Gasteiger partial charge in [0.1, 0.15) is 11.6 Å². The fourth-order valence-electron chi connectivity index (χ4n) is 4.33. The molecule has 0 bridgehead atoms. The van der Waals surface area contributed by atoms with Crippen LogP contribution in [0.4, 0.5) is 0 Å². The highest BCUT2D eigenvalue weighted by Crippen LogP contribution is 2.29. The molecule has 0 atom stereocenters. The zero-order valence-corrected chi connectivity index (χ0v) is 16.1. The Hall–Kier alpha value is -2.80. The van der Waals surface area contributed by atoms with Gasteiger partial charge in [0.25, 0.3) is 5.91 Å². The summed E-state index contributed by atoms with van der Waals surface area (Å²) in [6.45, 7) is 4.37. The van der Waals surface area contributed by atoms with E-state index in [1.807, 2.05) is 35.2 Å². The van der Waals surface area contributed by atoms with Crippen LogP contribution in [0.5, 0.6) is 0 Å². The van der Waals surface area contributed by atoms with Crippen molar-refractivity contribution in [3.8, 4) is 0 Å². The van der Waals surface area contributed by atoms with Crippen molar-refractivity contribution in [3.05, 3.63) is 53.7 Å². The number of aromatic nitrogens is 4. The van der Waals surface area contributed by atoms with E-state index in [9.17, 15) is 4.79 Å². The summed E-state index contributed by atoms with van der Waals surface area (Å²) in [4.78, 5) is 21.5. The van der Waals surface area contributed by atoms with Crippen molar-refractivity contribution in [1.29, 1.82) is 0 Å². The maximum Gasteiger partial charge on any atom is 0.253 e. The second-order valence-corrected chi connectivity index (χ2v) is 7.84. The van der Waals surface area contributed by atoms with Gasteiger partial charge in [-0.3, -0.25) is 14.7 Å². The summed E-state index contributed by atoms with van der Waals surface area (Å²) in [5.74, 6) is 2.66. The number of hydrogen-bond acceptors (Lipinski definition) is 5. The number of carbonyl (C=O) groups excluding carboxylic acids is 1. The van der Waals surface area contributed by atoms with Crippen molar-refractivity contribution < 1.29 is 4.79 Å². The SMILES string of the molecule is CN1CCn2c(nnc2C2CCN(C(=O)c3ccc4ncccc4c3)CC2)C1. The van der Waals surface area contributed by atoms with Crippen LogP contribution >= 0.6 is 0 Å². The van der Waals surface area contributed by atoms with Crippen molar-refractivity contribution >= 4 is 16.8 Å². The molecule has 1 saturated heterocycles. The van der Waals surface area contributed by atoms with Crippen LogP contribution in [-0.4, -0.2) is 62.1 Å². The number of pyridine rings is 1. The third-order valence-corrected chi connectivity index (χ3v) is 5.97. The molecular formula is C21H24N6O. The largest absolute Gasteiger partial charge is 0.339 e. The Morgan fingerprint density at radius 2 is 1.93 bits per heavy atom. The molecule has 4 heterocycles. The van der Waals surface area contributed by atoms with Crippen LogP contribution in [0.3, 0.4) is 0 Å². The highest BCUT2D eigenvalue weighted by Gasteiger charge is 2.29. The molecule has 5 rings (SSSR count). The number of piperidine rings is 1. The van der Waals surface area contributed by atoms with E-state index in [2.05, 4.69) is 31.7 Å². The van der Waals surface area contributed by atoms with Crippen LogP contribution in [0.1, 0.15) is 40.8 Å². The Bertz CT molecular complexity index is 1020. The fraction of sp³-hybridized carbons (Fsp3) is 0.429. The van der Waals surface area contributed by atoms with Gasteiger partial charge in [-0.1, -0.05) is 6.07 Å². The van der Waals surface area contributed by atoms with Crippen LogP contribution in [0.25, 0.3) is 10.9 Å². The molecule has 2 aliphatic heterocycles. The first-order chi connectivity index (χ1) is 13.7. The van der Waals surface area contributed by atoms with Crippen LogP contribution in [0.15, 0.2) is 36.5 Å². The second kappa shape index (κ2) is 6.98. The molecule has 0 saturated carbocycles. The van der Waals surface area contributed by atoms with Gasteiger partial charge >= 0.3 is 0 Å². The summed E-state index contributed by atoms with van der Waals surface area (Å²) >= 11 is 0. The van der Waals surface area contributed by atoms with Crippen LogP contribution in [0, 0.1) is 0 Å². The van der Waals surface area contributed by atoms with Gasteiger partial charge in [0.2, 0.25) is 0 Å². The number of fused-ring (bicyclic) bond motifs is 2. The average molecular weight is 376 g/mol. The van der Waals surface area contributed by atoms with Crippen molar-refractivity contribution in [3.63, 3.8) is 0 Å². The van der Waals surface area contributed by atoms with E-state index in [0.29, 0.717) is 5.92 Å². The van der Waals surface area contributed by atoms with E-state index in [-0.39, 0.29) is 5.91 Å². The van der Waals surface area contributed by atoms with Gasteiger partial charge in [0, 0.05) is 49.2 Å². The maximum atomic E-state index is 13.0. The van der Waals surface area contributed by atoms with Gasteiger partial charge in [-0.15, -0.1) is 10.2 Å². The van der Waals surface area contributed by atoms with E-state index < -0.39 is 0 Å². The monoisotopic (exact) mass is 376 g/mol. The molecule has 1 fully saturated rings. The molecule has 1 aromatic carbocycles. The lowest BCUT2D eigenvalue weighted by atomic mass is 9.95. The van der Waals surface area contributed by atoms with Gasteiger partial charge in [0.15, 0.2) is 0 Å². The number of likely N-dealkylation sites (N-methyl/N-ethyl adjacent to an activating group) is 1. The van der Waals surface area contributed by atoms with Crippen LogP contribution in [0.2, 0.25) is 0 Å². The lowest BCUT2D eigenvalue weighted by Crippen LogP contribution is -2.39. The molecule has 0 radical (unpaired) electrons. The summed E-state index contributed by atoms with van der Waals surface area (Å²) < 4.78 is 2.29. The third-order valence-electron chi connectivity index (χ3n) is 5.97. The smallest absolute Gasteiger partial charge is 0.253 e. The van der Waals surface area contributed by atoms with Gasteiger partial charge in [-0.25, -0.2) is 0 Å². The zero-order valence-electron chi connectivity index (χ0n) is 16.1. The van der Waals surface area contributed by atoms with E-state index in [1.165, 1.54) is 0 Å². The van der Waals surface area contributed by atoms with Crippen LogP contribution in [-0.2, 0) is 13.1 Å². The van der Waals surface area contributed by atoms with Crippen molar-refractivity contribution in [2.24, 2.45) is 0 Å². The van der Waals surface area contributed by atoms with Crippen molar-refractivity contribution in [1.82, 2.24) is 29.5 Å². The van der Waals surface area contributed by atoms with E-state index >= 15 is 0 Å².